The van der Waals surface area contributed by atoms with Gasteiger partial charge in [0.1, 0.15) is 5.69 Å². The molecule has 0 spiro atoms. The van der Waals surface area contributed by atoms with E-state index in [9.17, 15) is 19.7 Å². The van der Waals surface area contributed by atoms with Gasteiger partial charge in [-0.2, -0.15) is 0 Å². The van der Waals surface area contributed by atoms with Crippen LogP contribution >= 0.6 is 0 Å². The fraction of sp³-hybridized carbons (Fsp3) is 0.385. The van der Waals surface area contributed by atoms with Crippen molar-refractivity contribution in [2.24, 2.45) is 5.92 Å². The minimum atomic E-state index is -0.980. The first kappa shape index (κ1) is 15.6. The van der Waals surface area contributed by atoms with Crippen LogP contribution in [0.15, 0.2) is 18.2 Å². The zero-order chi connectivity index (χ0) is 15.3. The number of rotatable bonds is 6. The molecule has 1 atom stereocenters. The van der Waals surface area contributed by atoms with Gasteiger partial charge in [-0.05, 0) is 24.5 Å². The molecule has 0 fully saturated rings. The van der Waals surface area contributed by atoms with Crippen molar-refractivity contribution < 1.29 is 19.6 Å². The molecule has 7 nitrogen and oxygen atoms in total. The molecule has 2 N–H and O–H groups in total. The molecule has 0 aliphatic heterocycles. The van der Waals surface area contributed by atoms with Gasteiger partial charge in [-0.3, -0.25) is 19.7 Å². The van der Waals surface area contributed by atoms with Gasteiger partial charge in [0.05, 0.1) is 4.92 Å². The number of nitro groups is 1. The lowest BCUT2D eigenvalue weighted by molar-refractivity contribution is -0.384. The van der Waals surface area contributed by atoms with Crippen molar-refractivity contribution in [3.8, 4) is 0 Å². The van der Waals surface area contributed by atoms with E-state index in [1.165, 1.54) is 12.1 Å². The van der Waals surface area contributed by atoms with Crippen LogP contribution in [-0.2, 0) is 9.59 Å². The summed E-state index contributed by atoms with van der Waals surface area (Å²) in [6.45, 7) is 3.35. The molecule has 0 bridgehead atoms. The van der Waals surface area contributed by atoms with Gasteiger partial charge < -0.3 is 10.4 Å². The number of nitrogens with one attached hydrogen (secondary N) is 1. The van der Waals surface area contributed by atoms with Crippen LogP contribution < -0.4 is 5.32 Å². The van der Waals surface area contributed by atoms with E-state index in [-0.39, 0.29) is 30.1 Å². The fourth-order valence-electron chi connectivity index (χ4n) is 1.79. The Bertz CT molecular complexity index is 542. The number of nitrogens with zero attached hydrogens (tertiary/aromatic N) is 1. The minimum absolute atomic E-state index is 0.00265. The van der Waals surface area contributed by atoms with Gasteiger partial charge in [0.15, 0.2) is 0 Å². The molecule has 0 saturated heterocycles. The predicted octanol–water partition coefficient (Wildman–Crippen LogP) is 2.34. The van der Waals surface area contributed by atoms with E-state index >= 15 is 0 Å². The summed E-state index contributed by atoms with van der Waals surface area (Å²) < 4.78 is 0. The molecule has 1 amide bonds. The van der Waals surface area contributed by atoms with Gasteiger partial charge >= 0.3 is 5.97 Å². The van der Waals surface area contributed by atoms with Crippen LogP contribution in [0, 0.1) is 23.0 Å². The van der Waals surface area contributed by atoms with Gasteiger partial charge in [-0.25, -0.2) is 0 Å². The number of aryl methyl sites for hydroxylation is 1. The number of carboxylic acid groups (broad SMARTS) is 1. The molecular formula is C13H16N2O5. The Morgan fingerprint density at radius 1 is 1.40 bits per heavy atom. The maximum atomic E-state index is 11.7. The summed E-state index contributed by atoms with van der Waals surface area (Å²) in [7, 11) is 0. The maximum Gasteiger partial charge on any atom is 0.303 e. The Morgan fingerprint density at radius 2 is 2.05 bits per heavy atom. The third-order valence-corrected chi connectivity index (χ3v) is 2.68. The Balaban J connectivity index is 2.76. The fourth-order valence-corrected chi connectivity index (χ4v) is 1.79. The number of nitro benzene ring substituents is 1. The lowest BCUT2D eigenvalue weighted by Gasteiger charge is -2.10. The summed E-state index contributed by atoms with van der Waals surface area (Å²) >= 11 is 0. The van der Waals surface area contributed by atoms with Crippen molar-refractivity contribution in [2.45, 2.75) is 26.7 Å². The van der Waals surface area contributed by atoms with Gasteiger partial charge in [0.2, 0.25) is 5.91 Å². The van der Waals surface area contributed by atoms with Crippen LogP contribution in [-0.4, -0.2) is 21.9 Å². The second-order valence-corrected chi connectivity index (χ2v) is 4.73. The number of hydrogen-bond acceptors (Lipinski definition) is 4. The smallest absolute Gasteiger partial charge is 0.303 e. The van der Waals surface area contributed by atoms with Crippen molar-refractivity contribution >= 4 is 23.3 Å². The summed E-state index contributed by atoms with van der Waals surface area (Å²) in [4.78, 5) is 32.6. The summed E-state index contributed by atoms with van der Waals surface area (Å²) in [5.41, 5.74) is 0.659. The van der Waals surface area contributed by atoms with E-state index in [1.807, 2.05) is 0 Å². The lowest BCUT2D eigenvalue weighted by Crippen LogP contribution is -2.17. The molecule has 1 aromatic rings. The van der Waals surface area contributed by atoms with Gasteiger partial charge in [-0.1, -0.05) is 13.0 Å². The predicted molar refractivity (Wildman–Crippen MR) is 72.5 cm³/mol. The normalized spacial score (nSPS) is 11.7. The summed E-state index contributed by atoms with van der Waals surface area (Å²) in [6, 6.07) is 4.49. The molecule has 20 heavy (non-hydrogen) atoms. The summed E-state index contributed by atoms with van der Waals surface area (Å²) in [6.07, 6.45) is -0.124. The Kier molecular flexibility index (Phi) is 5.19. The van der Waals surface area contributed by atoms with E-state index in [2.05, 4.69) is 5.32 Å². The van der Waals surface area contributed by atoms with Crippen LogP contribution in [0.3, 0.4) is 0 Å². The van der Waals surface area contributed by atoms with E-state index in [4.69, 9.17) is 5.11 Å². The summed E-state index contributed by atoms with van der Waals surface area (Å²) in [5.74, 6) is -1.76. The monoisotopic (exact) mass is 280 g/mol. The summed E-state index contributed by atoms with van der Waals surface area (Å²) in [5, 5.41) is 22.0. The first-order valence-electron chi connectivity index (χ1n) is 6.06. The van der Waals surface area contributed by atoms with Crippen LogP contribution in [0.4, 0.5) is 11.4 Å². The molecule has 0 aromatic heterocycles. The van der Waals surface area contributed by atoms with E-state index in [0.717, 1.165) is 0 Å². The van der Waals surface area contributed by atoms with Crippen molar-refractivity contribution in [3.05, 3.63) is 33.9 Å². The topological polar surface area (TPSA) is 110 Å². The van der Waals surface area contributed by atoms with Crippen molar-refractivity contribution in [2.75, 3.05) is 5.32 Å². The van der Waals surface area contributed by atoms with Gasteiger partial charge in [-0.15, -0.1) is 0 Å². The van der Waals surface area contributed by atoms with Crippen LogP contribution in [0.25, 0.3) is 0 Å². The number of anilines is 1. The van der Waals surface area contributed by atoms with Gasteiger partial charge in [0.25, 0.3) is 5.69 Å². The van der Waals surface area contributed by atoms with Crippen molar-refractivity contribution in [3.63, 3.8) is 0 Å². The first-order valence-corrected chi connectivity index (χ1v) is 6.06. The SMILES string of the molecule is Cc1ccc(NC(=O)CC(C)CC(=O)O)c([N+](=O)[O-])c1. The maximum absolute atomic E-state index is 11.7. The average molecular weight is 280 g/mol. The first-order chi connectivity index (χ1) is 9.29. The number of amides is 1. The standard InChI is InChI=1S/C13H16N2O5/c1-8-3-4-10(11(5-8)15(19)20)14-12(16)6-9(2)7-13(17)18/h3-5,9H,6-7H2,1-2H3,(H,14,16)(H,17,18). The van der Waals surface area contributed by atoms with Crippen LogP contribution in [0.5, 0.6) is 0 Å². The number of carboxylic acids is 1. The average Bonchev–Trinajstić information content (AvgIpc) is 2.29. The molecule has 0 aliphatic rings. The molecule has 7 heteroatoms. The molecule has 0 radical (unpaired) electrons. The molecule has 1 aromatic carbocycles. The molecule has 0 saturated carbocycles. The van der Waals surface area contributed by atoms with Crippen LogP contribution in [0.1, 0.15) is 25.3 Å². The molecular weight excluding hydrogens is 264 g/mol. The number of carbonyl (C=O) groups is 2. The molecule has 1 unspecified atom stereocenters. The molecule has 1 rings (SSSR count). The molecule has 0 aliphatic carbocycles. The zero-order valence-corrected chi connectivity index (χ0v) is 11.3. The highest BCUT2D eigenvalue weighted by atomic mass is 16.6. The van der Waals surface area contributed by atoms with Gasteiger partial charge in [0, 0.05) is 18.9 Å². The third kappa shape index (κ3) is 4.68. The number of carbonyl (C=O) groups excluding carboxylic acids is 1. The van der Waals surface area contributed by atoms with E-state index < -0.39 is 16.8 Å². The number of hydrogen-bond donors (Lipinski definition) is 2. The third-order valence-electron chi connectivity index (χ3n) is 2.68. The highest BCUT2D eigenvalue weighted by molar-refractivity contribution is 5.93. The highest BCUT2D eigenvalue weighted by Crippen LogP contribution is 2.25. The lowest BCUT2D eigenvalue weighted by atomic mass is 10.0. The molecule has 0 heterocycles. The molecule has 108 valence electrons. The van der Waals surface area contributed by atoms with Crippen molar-refractivity contribution in [1.82, 2.24) is 0 Å². The second kappa shape index (κ2) is 6.65. The number of benzene rings is 1. The Hall–Kier alpha value is -2.44. The zero-order valence-electron chi connectivity index (χ0n) is 11.3. The number of aliphatic carboxylic acids is 1. The highest BCUT2D eigenvalue weighted by Gasteiger charge is 2.18. The Morgan fingerprint density at radius 3 is 2.60 bits per heavy atom. The Labute approximate surface area is 115 Å². The van der Waals surface area contributed by atoms with E-state index in [1.54, 1.807) is 19.9 Å². The quantitative estimate of drug-likeness (QED) is 0.614. The van der Waals surface area contributed by atoms with Crippen LogP contribution in [0.2, 0.25) is 0 Å². The minimum Gasteiger partial charge on any atom is -0.481 e. The second-order valence-electron chi connectivity index (χ2n) is 4.73. The largest absolute Gasteiger partial charge is 0.481 e. The van der Waals surface area contributed by atoms with E-state index in [0.29, 0.717) is 5.56 Å². The van der Waals surface area contributed by atoms with Crippen molar-refractivity contribution in [1.29, 1.82) is 0 Å².